The van der Waals surface area contributed by atoms with Crippen LogP contribution in [0.4, 0.5) is 0 Å². The monoisotopic (exact) mass is 315 g/mol. The molecule has 0 amide bonds. The van der Waals surface area contributed by atoms with E-state index in [2.05, 4.69) is 67.1 Å². The summed E-state index contributed by atoms with van der Waals surface area (Å²) >= 11 is 0. The molecule has 1 aromatic heterocycles. The molecule has 2 aromatic rings. The first-order chi connectivity index (χ1) is 11.1. The Hall–Kier alpha value is -1.65. The molecule has 1 aromatic carbocycles. The van der Waals surface area contributed by atoms with Gasteiger partial charge in [0.2, 0.25) is 0 Å². The van der Waals surface area contributed by atoms with Gasteiger partial charge in [-0.1, -0.05) is 30.3 Å². The Kier molecular flexibility index (Phi) is 6.37. The molecular formula is C19H29N3O. The first-order valence-electron chi connectivity index (χ1n) is 8.51. The van der Waals surface area contributed by atoms with E-state index >= 15 is 0 Å². The summed E-state index contributed by atoms with van der Waals surface area (Å²) in [5.74, 6) is 0.325. The Balaban J connectivity index is 2.07. The first kappa shape index (κ1) is 17.7. The molecule has 23 heavy (non-hydrogen) atoms. The van der Waals surface area contributed by atoms with Gasteiger partial charge >= 0.3 is 0 Å². The van der Waals surface area contributed by atoms with Crippen LogP contribution in [0.1, 0.15) is 54.7 Å². The number of nitrogens with zero attached hydrogens (tertiary/aromatic N) is 2. The molecule has 0 fully saturated rings. The maximum atomic E-state index is 9.36. The zero-order chi connectivity index (χ0) is 16.8. The zero-order valence-corrected chi connectivity index (χ0v) is 14.7. The Bertz CT molecular complexity index is 607. The number of hydrogen-bond donors (Lipinski definition) is 2. The van der Waals surface area contributed by atoms with Gasteiger partial charge in [-0.25, -0.2) is 0 Å². The van der Waals surface area contributed by atoms with Crippen molar-refractivity contribution in [2.45, 2.75) is 52.6 Å². The number of aromatic nitrogens is 2. The van der Waals surface area contributed by atoms with Crippen LogP contribution >= 0.6 is 0 Å². The molecule has 4 nitrogen and oxygen atoms in total. The lowest BCUT2D eigenvalue weighted by Gasteiger charge is -2.21. The van der Waals surface area contributed by atoms with E-state index in [1.807, 2.05) is 6.07 Å². The Morgan fingerprint density at radius 2 is 1.91 bits per heavy atom. The molecule has 0 bridgehead atoms. The number of rotatable bonds is 8. The van der Waals surface area contributed by atoms with Gasteiger partial charge in [-0.15, -0.1) is 0 Å². The van der Waals surface area contributed by atoms with Gasteiger partial charge in [0.05, 0.1) is 5.69 Å². The van der Waals surface area contributed by atoms with Crippen molar-refractivity contribution in [1.29, 1.82) is 0 Å². The van der Waals surface area contributed by atoms with Crippen LogP contribution in [0.25, 0.3) is 0 Å². The van der Waals surface area contributed by atoms with E-state index in [-0.39, 0.29) is 12.6 Å². The second-order valence-corrected chi connectivity index (χ2v) is 6.15. The standard InChI is InChI=1S/C19H29N3O/c1-5-22-16(4)19(15(3)21-22)14(2)20-13-18(11-12-23)17-9-7-6-8-10-17/h6-10,14,18,20,23H,5,11-13H2,1-4H3. The number of aryl methyl sites for hydroxylation is 2. The molecule has 126 valence electrons. The lowest BCUT2D eigenvalue weighted by molar-refractivity contribution is 0.272. The lowest BCUT2D eigenvalue weighted by Crippen LogP contribution is -2.26. The third kappa shape index (κ3) is 4.21. The number of hydrogen-bond acceptors (Lipinski definition) is 3. The molecule has 0 aliphatic rings. The van der Waals surface area contributed by atoms with Crippen molar-refractivity contribution >= 4 is 0 Å². The van der Waals surface area contributed by atoms with E-state index < -0.39 is 0 Å². The van der Waals surface area contributed by atoms with Crippen LogP contribution in [-0.2, 0) is 6.54 Å². The number of benzene rings is 1. The van der Waals surface area contributed by atoms with Crippen molar-refractivity contribution in [3.63, 3.8) is 0 Å². The molecule has 4 heteroatoms. The predicted molar refractivity (Wildman–Crippen MR) is 94.7 cm³/mol. The fraction of sp³-hybridized carbons (Fsp3) is 0.526. The van der Waals surface area contributed by atoms with Gasteiger partial charge in [0.25, 0.3) is 0 Å². The molecule has 2 rings (SSSR count). The summed E-state index contributed by atoms with van der Waals surface area (Å²) in [4.78, 5) is 0. The van der Waals surface area contributed by atoms with Gasteiger partial charge in [-0.3, -0.25) is 4.68 Å². The normalized spacial score (nSPS) is 14.0. The second kappa shape index (κ2) is 8.27. The Morgan fingerprint density at radius 1 is 1.22 bits per heavy atom. The molecule has 0 radical (unpaired) electrons. The van der Waals surface area contributed by atoms with E-state index in [9.17, 15) is 5.11 Å². The third-order valence-corrected chi connectivity index (χ3v) is 4.59. The number of aliphatic hydroxyl groups is 1. The molecule has 2 N–H and O–H groups in total. The average molecular weight is 315 g/mol. The minimum atomic E-state index is 0.210. The summed E-state index contributed by atoms with van der Waals surface area (Å²) in [6.07, 6.45) is 0.774. The minimum Gasteiger partial charge on any atom is -0.396 e. The van der Waals surface area contributed by atoms with Gasteiger partial charge < -0.3 is 10.4 Å². The predicted octanol–water partition coefficient (Wildman–Crippen LogP) is 3.34. The van der Waals surface area contributed by atoms with E-state index in [0.717, 1.165) is 25.2 Å². The molecule has 0 saturated heterocycles. The van der Waals surface area contributed by atoms with Crippen molar-refractivity contribution in [1.82, 2.24) is 15.1 Å². The van der Waals surface area contributed by atoms with Crippen LogP contribution in [-0.4, -0.2) is 28.0 Å². The van der Waals surface area contributed by atoms with Crippen LogP contribution < -0.4 is 5.32 Å². The maximum absolute atomic E-state index is 9.36. The van der Waals surface area contributed by atoms with E-state index in [0.29, 0.717) is 5.92 Å². The summed E-state index contributed by atoms with van der Waals surface area (Å²) < 4.78 is 2.06. The second-order valence-electron chi connectivity index (χ2n) is 6.15. The highest BCUT2D eigenvalue weighted by atomic mass is 16.3. The molecule has 0 spiro atoms. The Morgan fingerprint density at radius 3 is 2.48 bits per heavy atom. The first-order valence-corrected chi connectivity index (χ1v) is 8.51. The smallest absolute Gasteiger partial charge is 0.0644 e. The lowest BCUT2D eigenvalue weighted by atomic mass is 9.95. The summed E-state index contributed by atoms with van der Waals surface area (Å²) in [6.45, 7) is 10.5. The number of nitrogens with one attached hydrogen (secondary N) is 1. The quantitative estimate of drug-likeness (QED) is 0.785. The van der Waals surface area contributed by atoms with Crippen molar-refractivity contribution in [2.24, 2.45) is 0 Å². The highest BCUT2D eigenvalue weighted by molar-refractivity contribution is 5.28. The van der Waals surface area contributed by atoms with Gasteiger partial charge in [-0.2, -0.15) is 5.10 Å². The van der Waals surface area contributed by atoms with Gasteiger partial charge in [0.1, 0.15) is 0 Å². The van der Waals surface area contributed by atoms with E-state index in [4.69, 9.17) is 0 Å². The van der Waals surface area contributed by atoms with Crippen molar-refractivity contribution in [3.8, 4) is 0 Å². The van der Waals surface area contributed by atoms with Crippen molar-refractivity contribution in [2.75, 3.05) is 13.2 Å². The van der Waals surface area contributed by atoms with Crippen LogP contribution in [0.15, 0.2) is 30.3 Å². The van der Waals surface area contributed by atoms with Crippen molar-refractivity contribution < 1.29 is 5.11 Å². The summed E-state index contributed by atoms with van der Waals surface area (Å²) in [5, 5.41) is 17.6. The molecule has 2 unspecified atom stereocenters. The Labute approximate surface area is 139 Å². The minimum absolute atomic E-state index is 0.210. The maximum Gasteiger partial charge on any atom is 0.0644 e. The van der Waals surface area contributed by atoms with Crippen LogP contribution in [0.2, 0.25) is 0 Å². The van der Waals surface area contributed by atoms with Gasteiger partial charge in [0.15, 0.2) is 0 Å². The molecular weight excluding hydrogens is 286 g/mol. The van der Waals surface area contributed by atoms with Gasteiger partial charge in [0, 0.05) is 37.0 Å². The van der Waals surface area contributed by atoms with E-state index in [1.165, 1.54) is 16.8 Å². The number of aliphatic hydroxyl groups excluding tert-OH is 1. The van der Waals surface area contributed by atoms with Crippen LogP contribution in [0.3, 0.4) is 0 Å². The fourth-order valence-electron chi connectivity index (χ4n) is 3.33. The van der Waals surface area contributed by atoms with E-state index in [1.54, 1.807) is 0 Å². The molecule has 0 saturated carbocycles. The third-order valence-electron chi connectivity index (χ3n) is 4.59. The highest BCUT2D eigenvalue weighted by Crippen LogP contribution is 2.24. The molecule has 0 aliphatic carbocycles. The largest absolute Gasteiger partial charge is 0.396 e. The molecule has 2 atom stereocenters. The van der Waals surface area contributed by atoms with Crippen LogP contribution in [0.5, 0.6) is 0 Å². The zero-order valence-electron chi connectivity index (χ0n) is 14.7. The topological polar surface area (TPSA) is 50.1 Å². The average Bonchev–Trinajstić information content (AvgIpc) is 2.86. The summed E-state index contributed by atoms with van der Waals surface area (Å²) in [7, 11) is 0. The molecule has 0 aliphatic heterocycles. The summed E-state index contributed by atoms with van der Waals surface area (Å²) in [6, 6.07) is 10.7. The van der Waals surface area contributed by atoms with Crippen LogP contribution in [0, 0.1) is 13.8 Å². The van der Waals surface area contributed by atoms with Crippen molar-refractivity contribution in [3.05, 3.63) is 52.8 Å². The fourth-order valence-corrected chi connectivity index (χ4v) is 3.33. The SMILES string of the molecule is CCn1nc(C)c(C(C)NCC(CCO)c2ccccc2)c1C. The molecule has 1 heterocycles. The highest BCUT2D eigenvalue weighted by Gasteiger charge is 2.18. The summed E-state index contributed by atoms with van der Waals surface area (Å²) in [5.41, 5.74) is 4.91. The van der Waals surface area contributed by atoms with Gasteiger partial charge in [-0.05, 0) is 45.6 Å².